The summed E-state index contributed by atoms with van der Waals surface area (Å²) in [5.41, 5.74) is 0.0870. The highest BCUT2D eigenvalue weighted by molar-refractivity contribution is 5.03. The maximum Gasteiger partial charge on any atom is 0.0750 e. The summed E-state index contributed by atoms with van der Waals surface area (Å²) in [6.45, 7) is 5.32. The Hall–Kier alpha value is -0.120. The number of aliphatic hydroxyl groups excluding tert-OH is 1. The summed E-state index contributed by atoms with van der Waals surface area (Å²) in [4.78, 5) is 2.59. The number of nitrogens with zero attached hydrogens (tertiary/aromatic N) is 1. The molecule has 1 saturated carbocycles. The van der Waals surface area contributed by atoms with Gasteiger partial charge in [-0.2, -0.15) is 0 Å². The van der Waals surface area contributed by atoms with Crippen molar-refractivity contribution in [3.63, 3.8) is 0 Å². The molecule has 0 bridgehead atoms. The van der Waals surface area contributed by atoms with Crippen molar-refractivity contribution < 1.29 is 9.84 Å². The van der Waals surface area contributed by atoms with Gasteiger partial charge in [-0.15, -0.1) is 0 Å². The Morgan fingerprint density at radius 3 is 2.33 bits per heavy atom. The number of ether oxygens (including phenoxy) is 1. The Morgan fingerprint density at radius 1 is 1.17 bits per heavy atom. The lowest BCUT2D eigenvalue weighted by Gasteiger charge is -2.45. The summed E-state index contributed by atoms with van der Waals surface area (Å²) >= 11 is 0. The fourth-order valence-corrected chi connectivity index (χ4v) is 3.94. The molecule has 3 heteroatoms. The summed E-state index contributed by atoms with van der Waals surface area (Å²) in [6, 6.07) is 0. The first-order valence-corrected chi connectivity index (χ1v) is 7.63. The standard InChI is InChI=1S/C15H29NO2/c1-13(7-12-18-2)14(17)15(8-3-4-9-15)16-10-5-6-11-16/h13-14,17H,3-12H2,1-2H3. The molecular weight excluding hydrogens is 226 g/mol. The van der Waals surface area contributed by atoms with Crippen LogP contribution < -0.4 is 0 Å². The van der Waals surface area contributed by atoms with E-state index in [1.165, 1.54) is 51.6 Å². The van der Waals surface area contributed by atoms with E-state index in [0.29, 0.717) is 5.92 Å². The minimum atomic E-state index is -0.187. The van der Waals surface area contributed by atoms with Crippen LogP contribution in [0.5, 0.6) is 0 Å². The third-order valence-corrected chi connectivity index (χ3v) is 5.07. The van der Waals surface area contributed by atoms with Crippen molar-refractivity contribution in [1.29, 1.82) is 0 Å². The predicted octanol–water partition coefficient (Wildman–Crippen LogP) is 2.43. The fraction of sp³-hybridized carbons (Fsp3) is 1.00. The highest BCUT2D eigenvalue weighted by Crippen LogP contribution is 2.42. The van der Waals surface area contributed by atoms with Crippen molar-refractivity contribution in [3.05, 3.63) is 0 Å². The molecule has 2 rings (SSSR count). The van der Waals surface area contributed by atoms with Crippen LogP contribution in [-0.4, -0.2) is 48.5 Å². The van der Waals surface area contributed by atoms with Crippen molar-refractivity contribution in [2.75, 3.05) is 26.8 Å². The zero-order valence-corrected chi connectivity index (χ0v) is 12.0. The molecule has 1 heterocycles. The molecule has 0 aromatic heterocycles. The second-order valence-corrected chi connectivity index (χ2v) is 6.21. The van der Waals surface area contributed by atoms with Gasteiger partial charge in [0.15, 0.2) is 0 Å². The van der Waals surface area contributed by atoms with Crippen LogP contribution in [0, 0.1) is 5.92 Å². The Morgan fingerprint density at radius 2 is 1.78 bits per heavy atom. The zero-order chi connectivity index (χ0) is 13.0. The van der Waals surface area contributed by atoms with Gasteiger partial charge in [0.2, 0.25) is 0 Å². The lowest BCUT2D eigenvalue weighted by Crippen LogP contribution is -2.56. The third-order valence-electron chi connectivity index (χ3n) is 5.07. The molecular formula is C15H29NO2. The van der Waals surface area contributed by atoms with E-state index in [-0.39, 0.29) is 11.6 Å². The van der Waals surface area contributed by atoms with E-state index in [1.807, 2.05) is 0 Å². The molecule has 0 radical (unpaired) electrons. The average Bonchev–Trinajstić information content (AvgIpc) is 3.04. The van der Waals surface area contributed by atoms with Gasteiger partial charge in [0.05, 0.1) is 6.10 Å². The van der Waals surface area contributed by atoms with Crippen molar-refractivity contribution in [1.82, 2.24) is 4.90 Å². The Bertz CT molecular complexity index is 245. The van der Waals surface area contributed by atoms with Gasteiger partial charge in [-0.25, -0.2) is 0 Å². The number of likely N-dealkylation sites (tertiary alicyclic amines) is 1. The van der Waals surface area contributed by atoms with Gasteiger partial charge < -0.3 is 9.84 Å². The van der Waals surface area contributed by atoms with Gasteiger partial charge in [0.25, 0.3) is 0 Å². The van der Waals surface area contributed by atoms with Crippen LogP contribution in [0.1, 0.15) is 51.9 Å². The van der Waals surface area contributed by atoms with Crippen molar-refractivity contribution >= 4 is 0 Å². The smallest absolute Gasteiger partial charge is 0.0750 e. The van der Waals surface area contributed by atoms with Crippen molar-refractivity contribution in [2.45, 2.75) is 63.5 Å². The topological polar surface area (TPSA) is 32.7 Å². The molecule has 1 N–H and O–H groups in total. The molecule has 2 atom stereocenters. The van der Waals surface area contributed by atoms with Gasteiger partial charge in [-0.1, -0.05) is 19.8 Å². The lowest BCUT2D eigenvalue weighted by molar-refractivity contribution is -0.0516. The van der Waals surface area contributed by atoms with Gasteiger partial charge in [-0.3, -0.25) is 4.90 Å². The molecule has 0 amide bonds. The highest BCUT2D eigenvalue weighted by Gasteiger charge is 2.47. The largest absolute Gasteiger partial charge is 0.391 e. The summed E-state index contributed by atoms with van der Waals surface area (Å²) in [5, 5.41) is 10.9. The Labute approximate surface area is 112 Å². The molecule has 0 aromatic carbocycles. The van der Waals surface area contributed by atoms with E-state index in [0.717, 1.165) is 13.0 Å². The van der Waals surface area contributed by atoms with Crippen LogP contribution in [0.2, 0.25) is 0 Å². The second-order valence-electron chi connectivity index (χ2n) is 6.21. The van der Waals surface area contributed by atoms with Crippen LogP contribution in [0.4, 0.5) is 0 Å². The van der Waals surface area contributed by atoms with Crippen molar-refractivity contribution in [3.8, 4) is 0 Å². The number of methoxy groups -OCH3 is 1. The first-order chi connectivity index (χ1) is 8.70. The lowest BCUT2D eigenvalue weighted by atomic mass is 9.80. The Kier molecular flexibility index (Phi) is 5.05. The van der Waals surface area contributed by atoms with Crippen LogP contribution in [0.15, 0.2) is 0 Å². The van der Waals surface area contributed by atoms with Crippen LogP contribution in [0.25, 0.3) is 0 Å². The monoisotopic (exact) mass is 255 g/mol. The molecule has 2 aliphatic rings. The molecule has 1 aliphatic heterocycles. The SMILES string of the molecule is COCCC(C)C(O)C1(N2CCCC2)CCCC1. The normalized spacial score (nSPS) is 27.5. The predicted molar refractivity (Wildman–Crippen MR) is 73.7 cm³/mol. The minimum Gasteiger partial charge on any atom is -0.391 e. The third kappa shape index (κ3) is 2.73. The number of hydrogen-bond acceptors (Lipinski definition) is 3. The van der Waals surface area contributed by atoms with E-state index in [1.54, 1.807) is 7.11 Å². The number of aliphatic hydroxyl groups is 1. The van der Waals surface area contributed by atoms with E-state index in [9.17, 15) is 5.11 Å². The number of hydrogen-bond donors (Lipinski definition) is 1. The average molecular weight is 255 g/mol. The maximum atomic E-state index is 10.9. The first kappa shape index (κ1) is 14.3. The molecule has 1 aliphatic carbocycles. The van der Waals surface area contributed by atoms with E-state index in [4.69, 9.17) is 4.74 Å². The van der Waals surface area contributed by atoms with Gasteiger partial charge in [0, 0.05) is 19.3 Å². The molecule has 18 heavy (non-hydrogen) atoms. The summed E-state index contributed by atoms with van der Waals surface area (Å²) in [6.07, 6.45) is 8.33. The Balaban J connectivity index is 2.03. The molecule has 3 nitrogen and oxygen atoms in total. The van der Waals surface area contributed by atoms with E-state index < -0.39 is 0 Å². The summed E-state index contributed by atoms with van der Waals surface area (Å²) in [7, 11) is 1.74. The molecule has 106 valence electrons. The fourth-order valence-electron chi connectivity index (χ4n) is 3.94. The van der Waals surface area contributed by atoms with Crippen LogP contribution >= 0.6 is 0 Å². The summed E-state index contributed by atoms with van der Waals surface area (Å²) in [5.74, 6) is 0.337. The van der Waals surface area contributed by atoms with Gasteiger partial charge in [-0.05, 0) is 51.1 Å². The molecule has 1 saturated heterocycles. The first-order valence-electron chi connectivity index (χ1n) is 7.63. The molecule has 2 fully saturated rings. The quantitative estimate of drug-likeness (QED) is 0.791. The van der Waals surface area contributed by atoms with E-state index >= 15 is 0 Å². The zero-order valence-electron chi connectivity index (χ0n) is 12.0. The second kappa shape index (κ2) is 6.36. The number of rotatable bonds is 6. The summed E-state index contributed by atoms with van der Waals surface area (Å²) < 4.78 is 5.16. The minimum absolute atomic E-state index is 0.0870. The highest BCUT2D eigenvalue weighted by atomic mass is 16.5. The van der Waals surface area contributed by atoms with Crippen LogP contribution in [0.3, 0.4) is 0 Å². The molecule has 0 aromatic rings. The van der Waals surface area contributed by atoms with Gasteiger partial charge in [0.1, 0.15) is 0 Å². The van der Waals surface area contributed by atoms with Gasteiger partial charge >= 0.3 is 0 Å². The van der Waals surface area contributed by atoms with E-state index in [2.05, 4.69) is 11.8 Å². The maximum absolute atomic E-state index is 10.9. The molecule has 2 unspecified atom stereocenters. The van der Waals surface area contributed by atoms with Crippen molar-refractivity contribution in [2.24, 2.45) is 5.92 Å². The van der Waals surface area contributed by atoms with Crippen LogP contribution in [-0.2, 0) is 4.74 Å². The molecule has 0 spiro atoms.